The second-order valence-electron chi connectivity index (χ2n) is 16.5. The Morgan fingerprint density at radius 1 is 0.772 bits per heavy atom. The van der Waals surface area contributed by atoms with Crippen LogP contribution in [0.4, 0.5) is 11.4 Å². The van der Waals surface area contributed by atoms with Gasteiger partial charge in [0.2, 0.25) is 0 Å². The Hall–Kier alpha value is -4.34. The second kappa shape index (κ2) is 18.5. The molecular weight excluding hydrogens is 721 g/mol. The van der Waals surface area contributed by atoms with Crippen molar-refractivity contribution in [1.29, 1.82) is 0 Å². The van der Waals surface area contributed by atoms with Gasteiger partial charge in [-0.15, -0.1) is 0 Å². The first kappa shape index (κ1) is 43.8. The molecule has 0 unspecified atom stereocenters. The van der Waals surface area contributed by atoms with E-state index >= 15 is 0 Å². The molecule has 4 saturated heterocycles. The van der Waals surface area contributed by atoms with Gasteiger partial charge in [0.05, 0.1) is 48.3 Å². The maximum Gasteiger partial charge on any atom is 0.373 e. The second-order valence-corrected chi connectivity index (χ2v) is 16.5. The quantitative estimate of drug-likeness (QED) is 0.239. The fraction of sp³-hybridized carbons (Fsp3) is 0.565. The summed E-state index contributed by atoms with van der Waals surface area (Å²) >= 11 is 0. The largest absolute Gasteiger partial charge is 0.504 e. The Morgan fingerprint density at radius 2 is 1.18 bits per heavy atom. The summed E-state index contributed by atoms with van der Waals surface area (Å²) in [4.78, 5) is 47.6. The van der Waals surface area contributed by atoms with Gasteiger partial charge in [-0.3, -0.25) is 19.8 Å². The van der Waals surface area contributed by atoms with E-state index in [9.17, 15) is 10.2 Å². The molecule has 57 heavy (non-hydrogen) atoms. The van der Waals surface area contributed by atoms with Crippen molar-refractivity contribution in [2.45, 2.75) is 110 Å². The summed E-state index contributed by atoms with van der Waals surface area (Å²) in [5, 5.41) is 23.3. The Balaban J connectivity index is 0.000000192. The minimum Gasteiger partial charge on any atom is -0.504 e. The van der Waals surface area contributed by atoms with Gasteiger partial charge in [0.25, 0.3) is 0 Å². The molecule has 0 spiro atoms. The average molecular weight is 781 g/mol. The number of fused-ring (bicyclic) bond motifs is 10. The van der Waals surface area contributed by atoms with Crippen LogP contribution in [0.15, 0.2) is 69.9 Å². The lowest BCUT2D eigenvalue weighted by molar-refractivity contribution is -0.193. The minimum absolute atomic E-state index is 0.216. The third-order valence-corrected chi connectivity index (χ3v) is 13.7. The van der Waals surface area contributed by atoms with Gasteiger partial charge >= 0.3 is 12.3 Å². The van der Waals surface area contributed by atoms with E-state index in [1.807, 2.05) is 18.4 Å². The van der Waals surface area contributed by atoms with E-state index in [0.717, 1.165) is 96.9 Å². The summed E-state index contributed by atoms with van der Waals surface area (Å²) in [5.41, 5.74) is 9.38. The summed E-state index contributed by atoms with van der Waals surface area (Å²) in [6, 6.07) is 12.9. The zero-order chi connectivity index (χ0) is 41.7. The Morgan fingerprint density at radius 3 is 1.54 bits per heavy atom. The topological polar surface area (TPSA) is 149 Å². The minimum atomic E-state index is -0.885. The number of allylic oxidation sites excluding steroid dienone is 3. The molecule has 0 radical (unpaired) electrons. The predicted molar refractivity (Wildman–Crippen MR) is 218 cm³/mol. The fourth-order valence-electron chi connectivity index (χ4n) is 10.9. The van der Waals surface area contributed by atoms with E-state index in [4.69, 9.17) is 33.9 Å². The van der Waals surface area contributed by atoms with Crippen LogP contribution in [0.2, 0.25) is 0 Å². The van der Waals surface area contributed by atoms with E-state index in [1.54, 1.807) is 7.11 Å². The molecule has 11 heteroatoms. The van der Waals surface area contributed by atoms with Gasteiger partial charge < -0.3 is 14.9 Å². The van der Waals surface area contributed by atoms with Crippen LogP contribution in [0, 0.1) is 37.5 Å². The summed E-state index contributed by atoms with van der Waals surface area (Å²) in [7, 11) is 1.72. The summed E-state index contributed by atoms with van der Waals surface area (Å²) in [6.45, 7) is 19.5. The van der Waals surface area contributed by atoms with Crippen LogP contribution in [-0.2, 0) is 35.1 Å². The third-order valence-electron chi connectivity index (χ3n) is 13.7. The lowest BCUT2D eigenvalue weighted by atomic mass is 9.70. The van der Waals surface area contributed by atoms with E-state index in [2.05, 4.69) is 88.6 Å². The molecule has 306 valence electrons. The molecule has 0 aromatic heterocycles. The van der Waals surface area contributed by atoms with Gasteiger partial charge in [0.1, 0.15) is 11.2 Å². The van der Waals surface area contributed by atoms with Gasteiger partial charge in [-0.25, -0.2) is 0 Å². The number of aliphatic hydroxyl groups is 2. The molecule has 6 aliphatic heterocycles. The van der Waals surface area contributed by atoms with Crippen molar-refractivity contribution in [1.82, 2.24) is 9.80 Å². The van der Waals surface area contributed by atoms with E-state index in [1.165, 1.54) is 24.0 Å². The molecule has 11 nitrogen and oxygen atoms in total. The first-order valence-electron chi connectivity index (χ1n) is 20.4. The van der Waals surface area contributed by atoms with Crippen molar-refractivity contribution in [3.63, 3.8) is 0 Å². The van der Waals surface area contributed by atoms with Crippen LogP contribution >= 0.6 is 0 Å². The molecule has 0 aliphatic carbocycles. The van der Waals surface area contributed by atoms with Gasteiger partial charge in [-0.1, -0.05) is 62.6 Å². The maximum absolute atomic E-state index is 11.6. The number of hydrogen-bond donors (Lipinski definition) is 2. The number of methoxy groups -OCH3 is 1. The highest BCUT2D eigenvalue weighted by molar-refractivity contribution is 6.05. The zero-order valence-corrected chi connectivity index (χ0v) is 34.9. The highest BCUT2D eigenvalue weighted by atomic mass is 16.5. The molecule has 2 N–H and O–H groups in total. The van der Waals surface area contributed by atoms with Crippen molar-refractivity contribution >= 4 is 35.1 Å². The SMILES string of the molecule is C/C=C(/C)[C@H]1C[C@H]2C3=Nc4cccc(C)c4[C@@]3(O)CCN2C[C@H]1CC.CC[C@@H]1CN2CC[C@@]3(O)C(=Nc4cccc(C)c43)[C@@H]2C[C@@H]1/C(C)=C/OC.O=C=O.O=C=O. The van der Waals surface area contributed by atoms with Gasteiger partial charge in [0, 0.05) is 37.3 Å². The number of aliphatic imine (C=N–C) groups is 2. The average Bonchev–Trinajstić information content (AvgIpc) is 3.70. The highest BCUT2D eigenvalue weighted by Crippen LogP contribution is 2.51. The number of piperidine rings is 4. The van der Waals surface area contributed by atoms with Crippen LogP contribution in [0.3, 0.4) is 0 Å². The molecule has 6 aliphatic rings. The van der Waals surface area contributed by atoms with Crippen LogP contribution in [-0.4, -0.2) is 89.1 Å². The van der Waals surface area contributed by atoms with Gasteiger partial charge in [-0.05, 0) is 113 Å². The van der Waals surface area contributed by atoms with E-state index in [-0.39, 0.29) is 24.4 Å². The number of hydrogen-bond acceptors (Lipinski definition) is 11. The zero-order valence-electron chi connectivity index (χ0n) is 34.9. The molecule has 0 saturated carbocycles. The Labute approximate surface area is 337 Å². The number of carbonyl (C=O) groups excluding carboxylic acids is 4. The first-order chi connectivity index (χ1) is 27.3. The van der Waals surface area contributed by atoms with Crippen LogP contribution in [0.25, 0.3) is 0 Å². The van der Waals surface area contributed by atoms with Crippen molar-refractivity contribution in [3.8, 4) is 0 Å². The number of nitrogens with zero attached hydrogens (tertiary/aromatic N) is 4. The third kappa shape index (κ3) is 8.20. The van der Waals surface area contributed by atoms with Gasteiger partial charge in [0.15, 0.2) is 0 Å². The van der Waals surface area contributed by atoms with Crippen molar-refractivity contribution < 1.29 is 34.1 Å². The Kier molecular flexibility index (Phi) is 14.2. The molecular formula is C46H60N4O7. The number of aryl methyl sites for hydroxylation is 2. The number of ether oxygens (including phenoxy) is 1. The monoisotopic (exact) mass is 780 g/mol. The molecule has 2 aromatic carbocycles. The summed E-state index contributed by atoms with van der Waals surface area (Å²) in [5.74, 6) is 2.43. The molecule has 8 rings (SSSR count). The lowest BCUT2D eigenvalue weighted by Crippen LogP contribution is -2.60. The molecule has 2 aromatic rings. The van der Waals surface area contributed by atoms with E-state index in [0.29, 0.717) is 23.7 Å². The smallest absolute Gasteiger partial charge is 0.373 e. The van der Waals surface area contributed by atoms with E-state index < -0.39 is 11.2 Å². The molecule has 0 bridgehead atoms. The summed E-state index contributed by atoms with van der Waals surface area (Å²) in [6.07, 6.45) is 10.7. The van der Waals surface area contributed by atoms with Crippen molar-refractivity contribution in [2.24, 2.45) is 33.7 Å². The number of rotatable bonds is 5. The van der Waals surface area contributed by atoms with Crippen molar-refractivity contribution in [3.05, 3.63) is 82.1 Å². The molecule has 8 atom stereocenters. The molecule has 6 heterocycles. The first-order valence-corrected chi connectivity index (χ1v) is 20.4. The van der Waals surface area contributed by atoms with Crippen LogP contribution in [0.5, 0.6) is 0 Å². The standard InChI is InChI=1S/C22H30N2O2.C22H30N2O.2CO2/c1-5-16-12-24-10-9-22(25)20-14(2)7-6-8-18(20)23-21(22)19(24)11-17(16)15(3)13-26-4;1-5-14(3)17-12-19-21-22(25,10-11-24(19)13-16(17)6-2)20-15(4)8-7-9-18(20)23-21;2*2-1-3/h6-8,13,16-17,19,25H,5,9-12H2,1-4H3;5,7-9,16-17,19,25H,6,10-13H2,1-4H3;;/b15-13+;14-5-;;/t2*16-,17-,19+,22+;;/m11../s1. The van der Waals surface area contributed by atoms with Crippen LogP contribution in [0.1, 0.15) is 95.4 Å². The van der Waals surface area contributed by atoms with Crippen molar-refractivity contribution in [2.75, 3.05) is 33.3 Å². The Bertz CT molecular complexity index is 1960. The highest BCUT2D eigenvalue weighted by Gasteiger charge is 2.54. The predicted octanol–water partition coefficient (Wildman–Crippen LogP) is 7.13. The van der Waals surface area contributed by atoms with Crippen LogP contribution < -0.4 is 0 Å². The number of benzene rings is 2. The van der Waals surface area contributed by atoms with Gasteiger partial charge in [-0.2, -0.15) is 19.2 Å². The fourth-order valence-corrected chi connectivity index (χ4v) is 10.9. The maximum atomic E-state index is 11.6. The lowest BCUT2D eigenvalue weighted by Gasteiger charge is -2.50. The summed E-state index contributed by atoms with van der Waals surface area (Å²) < 4.78 is 5.30. The molecule has 4 fully saturated rings. The normalized spacial score (nSPS) is 31.1. The molecule has 0 amide bonds.